The molecule has 0 saturated carbocycles. The fourth-order valence-corrected chi connectivity index (χ4v) is 0.905. The van der Waals surface area contributed by atoms with Crippen molar-refractivity contribution in [1.29, 1.82) is 0 Å². The predicted molar refractivity (Wildman–Crippen MR) is 54.3 cm³/mol. The fraction of sp³-hybridized carbons (Fsp3) is 0.778. The molecule has 0 spiro atoms. The van der Waals surface area contributed by atoms with Gasteiger partial charge in [0.1, 0.15) is 12.6 Å². The lowest BCUT2D eigenvalue weighted by Gasteiger charge is -2.20. The number of aliphatic hydroxyl groups is 1. The van der Waals surface area contributed by atoms with E-state index in [9.17, 15) is 9.59 Å². The first-order valence-electron chi connectivity index (χ1n) is 4.82. The van der Waals surface area contributed by atoms with Gasteiger partial charge in [-0.3, -0.25) is 4.79 Å². The number of alkyl carbamates (subject to hydrolysis) is 1. The van der Waals surface area contributed by atoms with Crippen LogP contribution in [0, 0.1) is 0 Å². The minimum Gasteiger partial charge on any atom is -0.447 e. The number of nitrogens with zero attached hydrogens (tertiary/aromatic N) is 1. The Labute approximate surface area is 89.2 Å². The van der Waals surface area contributed by atoms with Crippen molar-refractivity contribution >= 4 is 12.0 Å². The molecule has 0 heterocycles. The van der Waals surface area contributed by atoms with E-state index in [4.69, 9.17) is 5.11 Å². The van der Waals surface area contributed by atoms with Crippen LogP contribution in [0.15, 0.2) is 0 Å². The van der Waals surface area contributed by atoms with Crippen LogP contribution in [0.4, 0.5) is 4.79 Å². The summed E-state index contributed by atoms with van der Waals surface area (Å²) in [5.74, 6) is -0.182. The Bertz CT molecular complexity index is 220. The van der Waals surface area contributed by atoms with Crippen LogP contribution in [-0.4, -0.2) is 54.9 Å². The van der Waals surface area contributed by atoms with Gasteiger partial charge in [-0.25, -0.2) is 4.79 Å². The largest absolute Gasteiger partial charge is 0.447 e. The molecule has 0 fully saturated rings. The highest BCUT2D eigenvalue weighted by Gasteiger charge is 2.18. The first-order chi connectivity index (χ1) is 7.02. The molecule has 6 heteroatoms. The van der Waals surface area contributed by atoms with E-state index >= 15 is 0 Å². The van der Waals surface area contributed by atoms with Gasteiger partial charge in [-0.2, -0.15) is 0 Å². The number of hydrogen-bond acceptors (Lipinski definition) is 4. The number of hydrogen-bond donors (Lipinski definition) is 2. The van der Waals surface area contributed by atoms with Gasteiger partial charge in [0.05, 0.1) is 6.61 Å². The molecule has 0 aliphatic heterocycles. The molecule has 1 atom stereocenters. The fourth-order valence-electron chi connectivity index (χ4n) is 0.905. The molecule has 0 radical (unpaired) electrons. The van der Waals surface area contributed by atoms with E-state index in [2.05, 4.69) is 10.1 Å². The summed E-state index contributed by atoms with van der Waals surface area (Å²) in [4.78, 5) is 24.0. The number of rotatable bonds is 5. The zero-order chi connectivity index (χ0) is 11.8. The molecule has 0 aromatic heterocycles. The van der Waals surface area contributed by atoms with Crippen LogP contribution in [0.5, 0.6) is 0 Å². The average molecular weight is 218 g/mol. The summed E-state index contributed by atoms with van der Waals surface area (Å²) in [5.41, 5.74) is 0. The minimum atomic E-state index is -0.700. The van der Waals surface area contributed by atoms with Crippen molar-refractivity contribution < 1.29 is 19.4 Å². The Hall–Kier alpha value is -1.30. The first kappa shape index (κ1) is 13.7. The van der Waals surface area contributed by atoms with E-state index in [-0.39, 0.29) is 19.1 Å². The lowest BCUT2D eigenvalue weighted by Crippen LogP contribution is -2.45. The van der Waals surface area contributed by atoms with Crippen molar-refractivity contribution in [3.05, 3.63) is 0 Å². The smallest absolute Gasteiger partial charge is 0.407 e. The zero-order valence-corrected chi connectivity index (χ0v) is 9.32. The van der Waals surface area contributed by atoms with E-state index in [1.165, 1.54) is 4.90 Å². The van der Waals surface area contributed by atoms with Gasteiger partial charge < -0.3 is 20.1 Å². The number of carbonyl (C=O) groups is 2. The second-order valence-electron chi connectivity index (χ2n) is 3.08. The summed E-state index contributed by atoms with van der Waals surface area (Å²) in [6, 6.07) is -0.624. The van der Waals surface area contributed by atoms with Crippen molar-refractivity contribution in [1.82, 2.24) is 10.2 Å². The molecule has 2 N–H and O–H groups in total. The molecule has 0 aliphatic carbocycles. The van der Waals surface area contributed by atoms with Gasteiger partial charge >= 0.3 is 6.09 Å². The number of aliphatic hydroxyl groups excluding tert-OH is 1. The minimum absolute atomic E-state index is 0.0731. The van der Waals surface area contributed by atoms with Crippen molar-refractivity contribution in [2.45, 2.75) is 19.9 Å². The zero-order valence-electron chi connectivity index (χ0n) is 9.32. The molecule has 0 aromatic rings. The molecule has 88 valence electrons. The average Bonchev–Trinajstić information content (AvgIpc) is 2.23. The molecule has 0 bridgehead atoms. The van der Waals surface area contributed by atoms with Crippen LogP contribution in [0.1, 0.15) is 13.8 Å². The molecule has 0 rings (SSSR count). The molecule has 2 amide bonds. The molecule has 15 heavy (non-hydrogen) atoms. The summed E-state index contributed by atoms with van der Waals surface area (Å²) in [6.07, 6.45) is -0.700. The Kier molecular flexibility index (Phi) is 6.44. The van der Waals surface area contributed by atoms with Gasteiger partial charge in [0.15, 0.2) is 0 Å². The maximum atomic E-state index is 11.5. The first-order valence-corrected chi connectivity index (χ1v) is 4.82. The quantitative estimate of drug-likeness (QED) is 0.656. The Morgan fingerprint density at radius 3 is 2.60 bits per heavy atom. The monoisotopic (exact) mass is 218 g/mol. The SMILES string of the molecule is CCN(C)C(=O)C(C)NC(=O)OCCO. The van der Waals surface area contributed by atoms with Crippen LogP contribution < -0.4 is 5.32 Å². The summed E-state index contributed by atoms with van der Waals surface area (Å²) >= 11 is 0. The van der Waals surface area contributed by atoms with Crippen LogP contribution in [0.2, 0.25) is 0 Å². The Morgan fingerprint density at radius 1 is 1.53 bits per heavy atom. The van der Waals surface area contributed by atoms with E-state index in [1.54, 1.807) is 14.0 Å². The Balaban J connectivity index is 3.96. The molecular weight excluding hydrogens is 200 g/mol. The standard InChI is InChI=1S/C9H18N2O4/c1-4-11(3)8(13)7(2)10-9(14)15-6-5-12/h7,12H,4-6H2,1-3H3,(H,10,14). The number of likely N-dealkylation sites (N-methyl/N-ethyl adjacent to an activating group) is 1. The van der Waals surface area contributed by atoms with Crippen molar-refractivity contribution in [2.75, 3.05) is 26.8 Å². The molecule has 0 aromatic carbocycles. The third kappa shape index (κ3) is 5.21. The van der Waals surface area contributed by atoms with Gasteiger partial charge in [-0.05, 0) is 13.8 Å². The second kappa shape index (κ2) is 7.05. The number of nitrogens with one attached hydrogen (secondary N) is 1. The van der Waals surface area contributed by atoms with Crippen LogP contribution in [0.25, 0.3) is 0 Å². The lowest BCUT2D eigenvalue weighted by molar-refractivity contribution is -0.131. The second-order valence-corrected chi connectivity index (χ2v) is 3.08. The summed E-state index contributed by atoms with van der Waals surface area (Å²) in [7, 11) is 1.65. The highest BCUT2D eigenvalue weighted by atomic mass is 16.6. The van der Waals surface area contributed by atoms with E-state index in [0.29, 0.717) is 6.54 Å². The third-order valence-electron chi connectivity index (χ3n) is 1.88. The van der Waals surface area contributed by atoms with Crippen molar-refractivity contribution in [3.63, 3.8) is 0 Å². The van der Waals surface area contributed by atoms with Crippen molar-refractivity contribution in [2.24, 2.45) is 0 Å². The van der Waals surface area contributed by atoms with Crippen LogP contribution in [-0.2, 0) is 9.53 Å². The predicted octanol–water partition coefficient (Wildman–Crippen LogP) is -0.428. The molecule has 0 saturated heterocycles. The van der Waals surface area contributed by atoms with E-state index in [1.807, 2.05) is 6.92 Å². The maximum absolute atomic E-state index is 11.5. The van der Waals surface area contributed by atoms with Gasteiger partial charge in [-0.1, -0.05) is 0 Å². The lowest BCUT2D eigenvalue weighted by atomic mass is 10.3. The summed E-state index contributed by atoms with van der Waals surface area (Å²) < 4.78 is 4.55. The molecule has 6 nitrogen and oxygen atoms in total. The van der Waals surface area contributed by atoms with E-state index in [0.717, 1.165) is 0 Å². The van der Waals surface area contributed by atoms with Crippen LogP contribution >= 0.6 is 0 Å². The van der Waals surface area contributed by atoms with Gasteiger partial charge in [0.2, 0.25) is 5.91 Å². The molecular formula is C9H18N2O4. The number of amides is 2. The Morgan fingerprint density at radius 2 is 2.13 bits per heavy atom. The van der Waals surface area contributed by atoms with E-state index < -0.39 is 12.1 Å². The van der Waals surface area contributed by atoms with Gasteiger partial charge in [-0.15, -0.1) is 0 Å². The highest BCUT2D eigenvalue weighted by Crippen LogP contribution is 1.92. The summed E-state index contributed by atoms with van der Waals surface area (Å²) in [5, 5.41) is 10.8. The molecule has 0 aliphatic rings. The van der Waals surface area contributed by atoms with Gasteiger partial charge in [0, 0.05) is 13.6 Å². The topological polar surface area (TPSA) is 78.9 Å². The number of carbonyl (C=O) groups excluding carboxylic acids is 2. The maximum Gasteiger partial charge on any atom is 0.407 e. The molecule has 1 unspecified atom stereocenters. The van der Waals surface area contributed by atoms with Crippen LogP contribution in [0.3, 0.4) is 0 Å². The van der Waals surface area contributed by atoms with Crippen molar-refractivity contribution in [3.8, 4) is 0 Å². The number of ether oxygens (including phenoxy) is 1. The highest BCUT2D eigenvalue weighted by molar-refractivity contribution is 5.85. The normalized spacial score (nSPS) is 11.7. The third-order valence-corrected chi connectivity index (χ3v) is 1.88. The summed E-state index contributed by atoms with van der Waals surface area (Å²) in [6.45, 7) is 3.70. The van der Waals surface area contributed by atoms with Gasteiger partial charge in [0.25, 0.3) is 0 Å².